The quantitative estimate of drug-likeness (QED) is 0.571. The lowest BCUT2D eigenvalue weighted by Gasteiger charge is -2.14. The van der Waals surface area contributed by atoms with Crippen molar-refractivity contribution in [3.05, 3.63) is 64.2 Å². The first kappa shape index (κ1) is 14.4. The predicted octanol–water partition coefficient (Wildman–Crippen LogP) is 4.75. The van der Waals surface area contributed by atoms with E-state index in [2.05, 4.69) is 68.8 Å². The minimum Gasteiger partial charge on any atom is -0.194 e. The lowest BCUT2D eigenvalue weighted by molar-refractivity contribution is -0.633. The second kappa shape index (κ2) is 5.19. The highest BCUT2D eigenvalue weighted by atomic mass is 14.9. The Balaban J connectivity index is 2.15. The minimum absolute atomic E-state index is 1.20. The lowest BCUT2D eigenvalue weighted by atomic mass is 9.92. The molecule has 0 atom stereocenters. The first-order valence-corrected chi connectivity index (χ1v) is 8.58. The molecule has 0 radical (unpaired) electrons. The largest absolute Gasteiger partial charge is 0.216 e. The van der Waals surface area contributed by atoms with Gasteiger partial charge in [0.05, 0.1) is 0 Å². The molecule has 0 saturated carbocycles. The molecule has 0 amide bonds. The number of hydrogen-bond acceptors (Lipinski definition) is 0. The van der Waals surface area contributed by atoms with Crippen molar-refractivity contribution in [3.63, 3.8) is 0 Å². The molecule has 0 saturated heterocycles. The smallest absolute Gasteiger partial charge is 0.194 e. The average molecular weight is 302 g/mol. The molecule has 1 heterocycles. The number of benzene rings is 2. The molecule has 0 fully saturated rings. The van der Waals surface area contributed by atoms with Gasteiger partial charge in [0, 0.05) is 22.6 Å². The van der Waals surface area contributed by atoms with Crippen LogP contribution in [0.25, 0.3) is 22.2 Å². The van der Waals surface area contributed by atoms with E-state index in [1.165, 1.54) is 58.1 Å². The monoisotopic (exact) mass is 302 g/mol. The zero-order valence-corrected chi connectivity index (χ0v) is 14.5. The van der Waals surface area contributed by atoms with Gasteiger partial charge in [0.2, 0.25) is 11.2 Å². The van der Waals surface area contributed by atoms with E-state index in [1.54, 1.807) is 11.1 Å². The number of rotatable bonds is 1. The highest BCUT2D eigenvalue weighted by Gasteiger charge is 2.28. The van der Waals surface area contributed by atoms with Gasteiger partial charge in [-0.3, -0.25) is 0 Å². The highest BCUT2D eigenvalue weighted by molar-refractivity contribution is 5.85. The van der Waals surface area contributed by atoms with Crippen LogP contribution in [0.2, 0.25) is 0 Å². The molecule has 116 valence electrons. The zero-order valence-electron chi connectivity index (χ0n) is 14.5. The van der Waals surface area contributed by atoms with Crippen LogP contribution in [0.4, 0.5) is 0 Å². The third kappa shape index (κ3) is 2.10. The molecule has 0 aliphatic heterocycles. The SMILES string of the molecule is Cc1cc(C)c(C)c(-c2c3c(c4ccccc4[n+]2C)CCC3)c1. The summed E-state index contributed by atoms with van der Waals surface area (Å²) in [6, 6.07) is 13.5. The van der Waals surface area contributed by atoms with Crippen molar-refractivity contribution in [1.29, 1.82) is 0 Å². The van der Waals surface area contributed by atoms with Crippen LogP contribution in [-0.4, -0.2) is 0 Å². The molecule has 1 aliphatic rings. The Morgan fingerprint density at radius 3 is 2.48 bits per heavy atom. The zero-order chi connectivity index (χ0) is 16.1. The summed E-state index contributed by atoms with van der Waals surface area (Å²) in [5.41, 5.74) is 11.5. The molecule has 0 spiro atoms. The fourth-order valence-electron chi connectivity index (χ4n) is 4.28. The predicted molar refractivity (Wildman–Crippen MR) is 96.8 cm³/mol. The maximum Gasteiger partial charge on any atom is 0.216 e. The van der Waals surface area contributed by atoms with Gasteiger partial charge in [-0.15, -0.1) is 0 Å². The average Bonchev–Trinajstić information content (AvgIpc) is 3.01. The van der Waals surface area contributed by atoms with Gasteiger partial charge in [-0.1, -0.05) is 23.8 Å². The van der Waals surface area contributed by atoms with Crippen molar-refractivity contribution in [2.75, 3.05) is 0 Å². The fraction of sp³-hybridized carbons (Fsp3) is 0.318. The van der Waals surface area contributed by atoms with Crippen molar-refractivity contribution < 1.29 is 4.57 Å². The molecule has 0 N–H and O–H groups in total. The van der Waals surface area contributed by atoms with E-state index >= 15 is 0 Å². The van der Waals surface area contributed by atoms with Gasteiger partial charge in [-0.25, -0.2) is 0 Å². The molecule has 2 aromatic carbocycles. The maximum atomic E-state index is 2.42. The molecular formula is C22H24N+. The molecule has 1 aromatic heterocycles. The van der Waals surface area contributed by atoms with E-state index in [1.807, 2.05) is 0 Å². The van der Waals surface area contributed by atoms with Crippen LogP contribution in [-0.2, 0) is 19.9 Å². The standard InChI is InChI=1S/C22H24N/c1-14-12-15(2)16(3)20(13-14)22-19-10-7-9-17(19)18-8-5-6-11-21(18)23(22)4/h5-6,8,11-13H,7,9-10H2,1-4H3/q+1. The first-order chi connectivity index (χ1) is 11.1. The summed E-state index contributed by atoms with van der Waals surface area (Å²) in [6.07, 6.45) is 3.70. The lowest BCUT2D eigenvalue weighted by Crippen LogP contribution is -2.34. The molecule has 3 aromatic rings. The Hall–Kier alpha value is -2.15. The van der Waals surface area contributed by atoms with Crippen LogP contribution in [0, 0.1) is 20.8 Å². The summed E-state index contributed by atoms with van der Waals surface area (Å²) in [5, 5.41) is 1.44. The van der Waals surface area contributed by atoms with Gasteiger partial charge < -0.3 is 0 Å². The van der Waals surface area contributed by atoms with Gasteiger partial charge in [0.15, 0.2) is 0 Å². The van der Waals surface area contributed by atoms with Crippen LogP contribution < -0.4 is 4.57 Å². The summed E-state index contributed by atoms with van der Waals surface area (Å²) >= 11 is 0. The van der Waals surface area contributed by atoms with Crippen LogP contribution in [0.15, 0.2) is 36.4 Å². The van der Waals surface area contributed by atoms with Crippen LogP contribution >= 0.6 is 0 Å². The summed E-state index contributed by atoms with van der Waals surface area (Å²) in [4.78, 5) is 0. The van der Waals surface area contributed by atoms with Crippen molar-refractivity contribution in [2.24, 2.45) is 7.05 Å². The molecule has 1 heteroatoms. The summed E-state index contributed by atoms with van der Waals surface area (Å²) in [5.74, 6) is 0. The Bertz CT molecular complexity index is 935. The molecule has 23 heavy (non-hydrogen) atoms. The van der Waals surface area contributed by atoms with Crippen molar-refractivity contribution >= 4 is 10.9 Å². The number of para-hydroxylation sites is 1. The molecule has 1 aliphatic carbocycles. The fourth-order valence-corrected chi connectivity index (χ4v) is 4.28. The number of hydrogen-bond donors (Lipinski definition) is 0. The van der Waals surface area contributed by atoms with E-state index in [0.29, 0.717) is 0 Å². The summed E-state index contributed by atoms with van der Waals surface area (Å²) in [7, 11) is 2.23. The van der Waals surface area contributed by atoms with Crippen molar-refractivity contribution in [1.82, 2.24) is 0 Å². The third-order valence-electron chi connectivity index (χ3n) is 5.50. The summed E-state index contributed by atoms with van der Waals surface area (Å²) < 4.78 is 2.42. The highest BCUT2D eigenvalue weighted by Crippen LogP contribution is 2.36. The van der Waals surface area contributed by atoms with E-state index in [-0.39, 0.29) is 0 Å². The number of nitrogens with zero attached hydrogens (tertiary/aromatic N) is 1. The van der Waals surface area contributed by atoms with Crippen LogP contribution in [0.3, 0.4) is 0 Å². The molecular weight excluding hydrogens is 278 g/mol. The van der Waals surface area contributed by atoms with Gasteiger partial charge >= 0.3 is 0 Å². The number of fused-ring (bicyclic) bond motifs is 3. The van der Waals surface area contributed by atoms with Gasteiger partial charge in [-0.2, -0.15) is 4.57 Å². The normalized spacial score (nSPS) is 13.6. The van der Waals surface area contributed by atoms with Crippen molar-refractivity contribution in [3.8, 4) is 11.3 Å². The maximum absolute atomic E-state index is 2.42. The van der Waals surface area contributed by atoms with Gasteiger partial charge in [0.1, 0.15) is 7.05 Å². The van der Waals surface area contributed by atoms with Crippen LogP contribution in [0.1, 0.15) is 34.2 Å². The van der Waals surface area contributed by atoms with E-state index in [9.17, 15) is 0 Å². The van der Waals surface area contributed by atoms with Crippen LogP contribution in [0.5, 0.6) is 0 Å². The third-order valence-corrected chi connectivity index (χ3v) is 5.50. The number of aryl methyl sites for hydroxylation is 4. The molecule has 0 unspecified atom stereocenters. The number of aromatic nitrogens is 1. The van der Waals surface area contributed by atoms with Crippen molar-refractivity contribution in [2.45, 2.75) is 40.0 Å². The van der Waals surface area contributed by atoms with E-state index < -0.39 is 0 Å². The second-order valence-electron chi connectivity index (χ2n) is 6.99. The van der Waals surface area contributed by atoms with E-state index in [4.69, 9.17) is 0 Å². The Morgan fingerprint density at radius 1 is 0.913 bits per heavy atom. The minimum atomic E-state index is 1.20. The topological polar surface area (TPSA) is 3.88 Å². The molecule has 1 nitrogen and oxygen atoms in total. The van der Waals surface area contributed by atoms with E-state index in [0.717, 1.165) is 0 Å². The molecule has 4 rings (SSSR count). The molecule has 0 bridgehead atoms. The number of pyridine rings is 1. The van der Waals surface area contributed by atoms with Gasteiger partial charge in [-0.05, 0) is 68.9 Å². The second-order valence-corrected chi connectivity index (χ2v) is 6.99. The first-order valence-electron chi connectivity index (χ1n) is 8.58. The Morgan fingerprint density at radius 2 is 1.65 bits per heavy atom. The Kier molecular flexibility index (Phi) is 3.26. The summed E-state index contributed by atoms with van der Waals surface area (Å²) in [6.45, 7) is 6.70. The van der Waals surface area contributed by atoms with Gasteiger partial charge in [0.25, 0.3) is 0 Å². The Labute approximate surface area is 138 Å².